The number of ether oxygens (including phenoxy) is 1. The van der Waals surface area contributed by atoms with Crippen LogP contribution in [0.25, 0.3) is 10.9 Å². The van der Waals surface area contributed by atoms with E-state index in [1.807, 2.05) is 6.92 Å². The molecule has 0 bridgehead atoms. The number of nitrogens with zero attached hydrogens (tertiary/aromatic N) is 2. The molecule has 1 aromatic heterocycles. The van der Waals surface area contributed by atoms with Gasteiger partial charge >= 0.3 is 6.09 Å². The van der Waals surface area contributed by atoms with E-state index in [2.05, 4.69) is 35.8 Å². The lowest BCUT2D eigenvalue weighted by Crippen LogP contribution is -2.36. The highest BCUT2D eigenvalue weighted by Gasteiger charge is 2.26. The van der Waals surface area contributed by atoms with E-state index >= 15 is 0 Å². The number of fused-ring (bicyclic) bond motifs is 3. The fourth-order valence-corrected chi connectivity index (χ4v) is 3.13. The molecule has 0 saturated heterocycles. The lowest BCUT2D eigenvalue weighted by Gasteiger charge is -2.27. The first-order valence-electron chi connectivity index (χ1n) is 7.27. The summed E-state index contributed by atoms with van der Waals surface area (Å²) in [5.74, 6) is 0. The van der Waals surface area contributed by atoms with Gasteiger partial charge in [-0.25, -0.2) is 4.79 Å². The van der Waals surface area contributed by atoms with Crippen LogP contribution in [0.4, 0.5) is 4.79 Å². The van der Waals surface area contributed by atoms with Gasteiger partial charge < -0.3 is 14.2 Å². The second-order valence-electron chi connectivity index (χ2n) is 5.06. The topological polar surface area (TPSA) is 34.5 Å². The molecule has 0 atom stereocenters. The Hall–Kier alpha value is -1.97. The molecule has 0 spiro atoms. The Bertz CT molecular complexity index is 645. The lowest BCUT2D eigenvalue weighted by atomic mass is 10.0. The van der Waals surface area contributed by atoms with Crippen LogP contribution in [-0.4, -0.2) is 28.7 Å². The molecule has 0 N–H and O–H groups in total. The van der Waals surface area contributed by atoms with Crippen molar-refractivity contribution in [2.24, 2.45) is 0 Å². The maximum absolute atomic E-state index is 11.9. The average molecular weight is 272 g/mol. The molecule has 1 aromatic carbocycles. The Kier molecular flexibility index (Phi) is 3.38. The third-order valence-electron chi connectivity index (χ3n) is 4.00. The van der Waals surface area contributed by atoms with Crippen LogP contribution in [0.3, 0.4) is 0 Å². The Morgan fingerprint density at radius 3 is 2.85 bits per heavy atom. The smallest absolute Gasteiger partial charge is 0.410 e. The Morgan fingerprint density at radius 1 is 1.30 bits per heavy atom. The Balaban J connectivity index is 2.03. The summed E-state index contributed by atoms with van der Waals surface area (Å²) in [7, 11) is 0. The van der Waals surface area contributed by atoms with E-state index in [1.165, 1.54) is 22.2 Å². The minimum atomic E-state index is -0.202. The first-order chi connectivity index (χ1) is 9.76. The van der Waals surface area contributed by atoms with Crippen molar-refractivity contribution in [2.45, 2.75) is 33.4 Å². The predicted octanol–water partition coefficient (Wildman–Crippen LogP) is 3.18. The van der Waals surface area contributed by atoms with Crippen LogP contribution < -0.4 is 0 Å². The maximum atomic E-state index is 11.9. The van der Waals surface area contributed by atoms with Crippen molar-refractivity contribution in [3.63, 3.8) is 0 Å². The molecule has 0 aliphatic carbocycles. The number of benzene rings is 1. The molecule has 1 aliphatic rings. The molecule has 2 heterocycles. The number of carbonyl (C=O) groups excluding carboxylic acids is 1. The molecule has 3 rings (SSSR count). The third kappa shape index (κ3) is 1.96. The van der Waals surface area contributed by atoms with Crippen LogP contribution in [0.2, 0.25) is 0 Å². The predicted molar refractivity (Wildman–Crippen MR) is 78.7 cm³/mol. The molecule has 0 fully saturated rings. The SMILES string of the molecule is CCOC(=O)N1CCc2c(c3ccccc3n2CC)C1. The van der Waals surface area contributed by atoms with E-state index in [0.29, 0.717) is 13.2 Å². The standard InChI is InChI=1S/C16H20N2O2/c1-3-18-14-8-6-5-7-12(14)13-11-17(10-9-15(13)18)16(19)20-4-2/h5-8H,3-4,9-11H2,1-2H3. The molecule has 1 amide bonds. The molecule has 106 valence electrons. The van der Waals surface area contributed by atoms with E-state index in [9.17, 15) is 4.79 Å². The zero-order valence-electron chi connectivity index (χ0n) is 12.1. The van der Waals surface area contributed by atoms with Crippen molar-refractivity contribution in [3.05, 3.63) is 35.5 Å². The summed E-state index contributed by atoms with van der Waals surface area (Å²) in [6, 6.07) is 8.44. The highest BCUT2D eigenvalue weighted by atomic mass is 16.6. The number of rotatable bonds is 2. The third-order valence-corrected chi connectivity index (χ3v) is 4.00. The number of amides is 1. The van der Waals surface area contributed by atoms with E-state index in [4.69, 9.17) is 4.74 Å². The molecule has 0 unspecified atom stereocenters. The highest BCUT2D eigenvalue weighted by Crippen LogP contribution is 2.31. The van der Waals surface area contributed by atoms with Crippen molar-refractivity contribution >= 4 is 17.0 Å². The number of hydrogen-bond donors (Lipinski definition) is 0. The van der Waals surface area contributed by atoms with Gasteiger partial charge in [-0.1, -0.05) is 18.2 Å². The minimum absolute atomic E-state index is 0.202. The summed E-state index contributed by atoms with van der Waals surface area (Å²) in [6.07, 6.45) is 0.697. The van der Waals surface area contributed by atoms with Gasteiger partial charge in [-0.15, -0.1) is 0 Å². The fraction of sp³-hybridized carbons (Fsp3) is 0.438. The van der Waals surface area contributed by atoms with Crippen molar-refractivity contribution in [1.29, 1.82) is 0 Å². The molecule has 4 nitrogen and oxygen atoms in total. The Morgan fingerprint density at radius 2 is 2.10 bits per heavy atom. The quantitative estimate of drug-likeness (QED) is 0.841. The van der Waals surface area contributed by atoms with Gasteiger partial charge in [0, 0.05) is 41.7 Å². The van der Waals surface area contributed by atoms with E-state index in [-0.39, 0.29) is 6.09 Å². The second-order valence-corrected chi connectivity index (χ2v) is 5.06. The summed E-state index contributed by atoms with van der Waals surface area (Å²) >= 11 is 0. The van der Waals surface area contributed by atoms with Crippen LogP contribution in [0.15, 0.2) is 24.3 Å². The minimum Gasteiger partial charge on any atom is -0.450 e. The van der Waals surface area contributed by atoms with Gasteiger partial charge in [0.25, 0.3) is 0 Å². The van der Waals surface area contributed by atoms with Crippen LogP contribution in [0.5, 0.6) is 0 Å². The van der Waals surface area contributed by atoms with Crippen molar-refractivity contribution in [2.75, 3.05) is 13.2 Å². The summed E-state index contributed by atoms with van der Waals surface area (Å²) in [4.78, 5) is 13.7. The first kappa shape index (κ1) is 13.0. The van der Waals surface area contributed by atoms with Crippen molar-refractivity contribution in [3.8, 4) is 0 Å². The van der Waals surface area contributed by atoms with Crippen molar-refractivity contribution in [1.82, 2.24) is 9.47 Å². The maximum Gasteiger partial charge on any atom is 0.410 e. The lowest BCUT2D eigenvalue weighted by molar-refractivity contribution is 0.102. The molecule has 0 saturated carbocycles. The molecular weight excluding hydrogens is 252 g/mol. The summed E-state index contributed by atoms with van der Waals surface area (Å²) in [5.41, 5.74) is 3.92. The number of aromatic nitrogens is 1. The van der Waals surface area contributed by atoms with Gasteiger partial charge in [-0.05, 0) is 19.9 Å². The molecule has 1 aliphatic heterocycles. The highest BCUT2D eigenvalue weighted by molar-refractivity contribution is 5.86. The largest absolute Gasteiger partial charge is 0.450 e. The van der Waals surface area contributed by atoms with E-state index in [1.54, 1.807) is 4.90 Å². The van der Waals surface area contributed by atoms with Crippen LogP contribution >= 0.6 is 0 Å². The van der Waals surface area contributed by atoms with Gasteiger partial charge in [0.15, 0.2) is 0 Å². The number of para-hydroxylation sites is 1. The molecular formula is C16H20N2O2. The molecule has 4 heteroatoms. The number of hydrogen-bond acceptors (Lipinski definition) is 2. The van der Waals surface area contributed by atoms with Crippen LogP contribution in [-0.2, 0) is 24.2 Å². The summed E-state index contributed by atoms with van der Waals surface area (Å²) < 4.78 is 7.49. The van der Waals surface area contributed by atoms with Gasteiger partial charge in [0.2, 0.25) is 0 Å². The summed E-state index contributed by atoms with van der Waals surface area (Å²) in [6.45, 7) is 6.80. The van der Waals surface area contributed by atoms with Crippen LogP contribution in [0.1, 0.15) is 25.1 Å². The fourth-order valence-electron chi connectivity index (χ4n) is 3.13. The molecule has 0 radical (unpaired) electrons. The number of aryl methyl sites for hydroxylation is 1. The summed E-state index contributed by atoms with van der Waals surface area (Å²) in [5, 5.41) is 1.26. The second kappa shape index (κ2) is 5.19. The molecule has 20 heavy (non-hydrogen) atoms. The van der Waals surface area contributed by atoms with Gasteiger partial charge in [0.05, 0.1) is 13.2 Å². The monoisotopic (exact) mass is 272 g/mol. The van der Waals surface area contributed by atoms with E-state index < -0.39 is 0 Å². The zero-order valence-corrected chi connectivity index (χ0v) is 12.1. The zero-order chi connectivity index (χ0) is 14.1. The van der Waals surface area contributed by atoms with Gasteiger partial charge in [-0.3, -0.25) is 0 Å². The normalized spacial score (nSPS) is 14.4. The Labute approximate surface area is 118 Å². The van der Waals surface area contributed by atoms with Crippen molar-refractivity contribution < 1.29 is 9.53 Å². The van der Waals surface area contributed by atoms with E-state index in [0.717, 1.165) is 19.5 Å². The van der Waals surface area contributed by atoms with Crippen LogP contribution in [0, 0.1) is 0 Å². The molecule has 2 aromatic rings. The van der Waals surface area contributed by atoms with Gasteiger partial charge in [-0.2, -0.15) is 0 Å². The number of carbonyl (C=O) groups is 1. The van der Waals surface area contributed by atoms with Gasteiger partial charge in [0.1, 0.15) is 0 Å². The average Bonchev–Trinajstić information content (AvgIpc) is 2.80. The first-order valence-corrected chi connectivity index (χ1v) is 7.27.